The number of benzene rings is 1. The molecule has 1 aliphatic rings. The summed E-state index contributed by atoms with van der Waals surface area (Å²) >= 11 is 0. The van der Waals surface area contributed by atoms with Gasteiger partial charge in [-0.3, -0.25) is 4.79 Å². The molecule has 0 spiro atoms. The molecule has 1 saturated carbocycles. The molecule has 1 aliphatic carbocycles. The van der Waals surface area contributed by atoms with E-state index >= 15 is 0 Å². The highest BCUT2D eigenvalue weighted by molar-refractivity contribution is 7.87. The fraction of sp³-hybridized carbons (Fsp3) is 0.417. The normalized spacial score (nSPS) is 16.3. The minimum atomic E-state index is -3.95. The number of aryl methyl sites for hydroxylation is 1. The van der Waals surface area contributed by atoms with Gasteiger partial charge < -0.3 is 4.18 Å². The Morgan fingerprint density at radius 1 is 1.24 bits per heavy atom. The molecule has 92 valence electrons. The van der Waals surface area contributed by atoms with Crippen LogP contribution in [0.4, 0.5) is 0 Å². The van der Waals surface area contributed by atoms with Crippen molar-refractivity contribution < 1.29 is 17.4 Å². The monoisotopic (exact) mass is 254 g/mol. The SMILES string of the molecule is Cc1ccc(S(=O)(=O)OC(=O)C2CCC2)cc1. The van der Waals surface area contributed by atoms with Gasteiger partial charge in [0.15, 0.2) is 0 Å². The second kappa shape index (κ2) is 4.49. The Labute approximate surface area is 101 Å². The van der Waals surface area contributed by atoms with Gasteiger partial charge in [-0.1, -0.05) is 24.1 Å². The average Bonchev–Trinajstić information content (AvgIpc) is 2.14. The highest BCUT2D eigenvalue weighted by atomic mass is 32.2. The Morgan fingerprint density at radius 2 is 1.82 bits per heavy atom. The van der Waals surface area contributed by atoms with Crippen molar-refractivity contribution in [1.29, 1.82) is 0 Å². The summed E-state index contributed by atoms with van der Waals surface area (Å²) in [6, 6.07) is 6.23. The van der Waals surface area contributed by atoms with Gasteiger partial charge in [0.2, 0.25) is 0 Å². The molecule has 17 heavy (non-hydrogen) atoms. The Kier molecular flexibility index (Phi) is 3.19. The van der Waals surface area contributed by atoms with Crippen LogP contribution in [0.15, 0.2) is 29.2 Å². The van der Waals surface area contributed by atoms with E-state index in [0.29, 0.717) is 0 Å². The highest BCUT2D eigenvalue weighted by Gasteiger charge is 2.31. The maximum atomic E-state index is 11.8. The van der Waals surface area contributed by atoms with Crippen molar-refractivity contribution in [1.82, 2.24) is 0 Å². The minimum Gasteiger partial charge on any atom is -0.342 e. The number of carbonyl (C=O) groups excluding carboxylic acids is 1. The van der Waals surface area contributed by atoms with Crippen LogP contribution in [0, 0.1) is 12.8 Å². The molecular weight excluding hydrogens is 240 g/mol. The fourth-order valence-corrected chi connectivity index (χ4v) is 2.49. The van der Waals surface area contributed by atoms with Crippen LogP contribution >= 0.6 is 0 Å². The molecule has 4 nitrogen and oxygen atoms in total. The molecule has 0 saturated heterocycles. The largest absolute Gasteiger partial charge is 0.342 e. The molecule has 0 amide bonds. The van der Waals surface area contributed by atoms with Crippen LogP contribution in [0.3, 0.4) is 0 Å². The molecule has 0 aromatic heterocycles. The predicted octanol–water partition coefficient (Wildman–Crippen LogP) is 2.03. The first-order valence-electron chi connectivity index (χ1n) is 5.54. The molecule has 1 aromatic rings. The van der Waals surface area contributed by atoms with Crippen LogP contribution in [0.25, 0.3) is 0 Å². The molecule has 0 bridgehead atoms. The van der Waals surface area contributed by atoms with Crippen LogP contribution < -0.4 is 0 Å². The van der Waals surface area contributed by atoms with Gasteiger partial charge in [0.25, 0.3) is 0 Å². The Bertz CT molecular complexity index is 512. The van der Waals surface area contributed by atoms with Gasteiger partial charge in [-0.2, -0.15) is 8.42 Å². The van der Waals surface area contributed by atoms with Gasteiger partial charge in [-0.25, -0.2) is 0 Å². The van der Waals surface area contributed by atoms with Crippen molar-refractivity contribution in [3.05, 3.63) is 29.8 Å². The first kappa shape index (κ1) is 12.1. The lowest BCUT2D eigenvalue weighted by atomic mass is 9.86. The third-order valence-electron chi connectivity index (χ3n) is 2.94. The van der Waals surface area contributed by atoms with Gasteiger partial charge in [0, 0.05) is 0 Å². The van der Waals surface area contributed by atoms with E-state index in [1.54, 1.807) is 12.1 Å². The number of hydrogen-bond acceptors (Lipinski definition) is 4. The second-order valence-electron chi connectivity index (χ2n) is 4.30. The van der Waals surface area contributed by atoms with Crippen molar-refractivity contribution in [2.45, 2.75) is 31.1 Å². The summed E-state index contributed by atoms with van der Waals surface area (Å²) in [6.45, 7) is 1.86. The van der Waals surface area contributed by atoms with Crippen molar-refractivity contribution in [3.8, 4) is 0 Å². The first-order valence-corrected chi connectivity index (χ1v) is 6.95. The van der Waals surface area contributed by atoms with Gasteiger partial charge >= 0.3 is 16.1 Å². The smallest absolute Gasteiger partial charge is 0.341 e. The van der Waals surface area contributed by atoms with Gasteiger partial charge in [-0.05, 0) is 31.9 Å². The molecule has 0 aliphatic heterocycles. The topological polar surface area (TPSA) is 60.4 Å². The Hall–Kier alpha value is -1.36. The van der Waals surface area contributed by atoms with Crippen LogP contribution in [0.1, 0.15) is 24.8 Å². The Balaban J connectivity index is 2.13. The lowest BCUT2D eigenvalue weighted by Crippen LogP contribution is -2.26. The van der Waals surface area contributed by atoms with E-state index in [0.717, 1.165) is 24.8 Å². The quantitative estimate of drug-likeness (QED) is 0.774. The molecule has 5 heteroatoms. The van der Waals surface area contributed by atoms with Crippen LogP contribution in [-0.4, -0.2) is 14.4 Å². The van der Waals surface area contributed by atoms with E-state index in [2.05, 4.69) is 4.18 Å². The van der Waals surface area contributed by atoms with Crippen LogP contribution in [0.5, 0.6) is 0 Å². The van der Waals surface area contributed by atoms with Crippen molar-refractivity contribution in [3.63, 3.8) is 0 Å². The summed E-state index contributed by atoms with van der Waals surface area (Å²) in [4.78, 5) is 11.5. The summed E-state index contributed by atoms with van der Waals surface area (Å²) in [5, 5.41) is 0. The van der Waals surface area contributed by atoms with Gasteiger partial charge in [0.05, 0.1) is 5.92 Å². The summed E-state index contributed by atoms with van der Waals surface area (Å²) in [6.07, 6.45) is 2.41. The third-order valence-corrected chi connectivity index (χ3v) is 4.17. The van der Waals surface area contributed by atoms with Crippen molar-refractivity contribution in [2.24, 2.45) is 5.92 Å². The van der Waals surface area contributed by atoms with E-state index in [-0.39, 0.29) is 10.8 Å². The molecule has 0 heterocycles. The molecule has 0 unspecified atom stereocenters. The van der Waals surface area contributed by atoms with Crippen molar-refractivity contribution >= 4 is 16.1 Å². The number of hydrogen-bond donors (Lipinski definition) is 0. The zero-order valence-corrected chi connectivity index (χ0v) is 10.4. The summed E-state index contributed by atoms with van der Waals surface area (Å²) in [5.74, 6) is -0.868. The lowest BCUT2D eigenvalue weighted by molar-refractivity contribution is -0.141. The minimum absolute atomic E-state index is 0.0239. The van der Waals surface area contributed by atoms with E-state index in [1.165, 1.54) is 12.1 Å². The number of rotatable bonds is 3. The third kappa shape index (κ3) is 2.66. The summed E-state index contributed by atoms with van der Waals surface area (Å²) in [7, 11) is -3.95. The molecule has 1 fully saturated rings. The van der Waals surface area contributed by atoms with E-state index in [4.69, 9.17) is 0 Å². The standard InChI is InChI=1S/C12H14O4S/c1-9-5-7-11(8-6-9)17(14,15)16-12(13)10-3-2-4-10/h5-8,10H,2-4H2,1H3. The molecule has 0 atom stereocenters. The zero-order chi connectivity index (χ0) is 12.5. The predicted molar refractivity (Wildman–Crippen MR) is 61.8 cm³/mol. The molecular formula is C12H14O4S. The van der Waals surface area contributed by atoms with Crippen LogP contribution in [0.2, 0.25) is 0 Å². The maximum absolute atomic E-state index is 11.8. The van der Waals surface area contributed by atoms with Crippen LogP contribution in [-0.2, 0) is 19.1 Å². The number of carbonyl (C=O) groups is 1. The maximum Gasteiger partial charge on any atom is 0.341 e. The highest BCUT2D eigenvalue weighted by Crippen LogP contribution is 2.28. The fourth-order valence-electron chi connectivity index (χ4n) is 1.57. The molecule has 0 radical (unpaired) electrons. The van der Waals surface area contributed by atoms with E-state index in [9.17, 15) is 13.2 Å². The Morgan fingerprint density at radius 3 is 2.29 bits per heavy atom. The molecule has 0 N–H and O–H groups in total. The average molecular weight is 254 g/mol. The second-order valence-corrected chi connectivity index (χ2v) is 5.84. The lowest BCUT2D eigenvalue weighted by Gasteiger charge is -2.22. The van der Waals surface area contributed by atoms with E-state index in [1.807, 2.05) is 6.92 Å². The van der Waals surface area contributed by atoms with Gasteiger partial charge in [-0.15, -0.1) is 0 Å². The van der Waals surface area contributed by atoms with Gasteiger partial charge in [0.1, 0.15) is 4.90 Å². The summed E-state index contributed by atoms with van der Waals surface area (Å²) < 4.78 is 28.1. The summed E-state index contributed by atoms with van der Waals surface area (Å²) in [5.41, 5.74) is 0.953. The molecule has 2 rings (SSSR count). The first-order chi connectivity index (χ1) is 7.99. The molecule has 1 aromatic carbocycles. The zero-order valence-electron chi connectivity index (χ0n) is 9.55. The van der Waals surface area contributed by atoms with Crippen molar-refractivity contribution in [2.75, 3.05) is 0 Å². The van der Waals surface area contributed by atoms with E-state index < -0.39 is 16.1 Å².